The van der Waals surface area contributed by atoms with Crippen LogP contribution in [0.2, 0.25) is 0 Å². The molecule has 0 saturated heterocycles. The Morgan fingerprint density at radius 1 is 1.35 bits per heavy atom. The van der Waals surface area contributed by atoms with Crippen LogP contribution in [0.25, 0.3) is 0 Å². The molecular formula is C16H21NO2S. The van der Waals surface area contributed by atoms with Gasteiger partial charge in [0.25, 0.3) is 0 Å². The summed E-state index contributed by atoms with van der Waals surface area (Å²) >= 11 is 1.72. The van der Waals surface area contributed by atoms with Crippen molar-refractivity contribution in [3.05, 3.63) is 51.7 Å². The van der Waals surface area contributed by atoms with E-state index in [1.54, 1.807) is 18.4 Å². The van der Waals surface area contributed by atoms with Crippen LogP contribution in [0.5, 0.6) is 5.75 Å². The molecule has 2 rings (SSSR count). The highest BCUT2D eigenvalue weighted by Gasteiger charge is 2.15. The van der Waals surface area contributed by atoms with E-state index in [1.807, 2.05) is 31.2 Å². The number of rotatable bonds is 6. The van der Waals surface area contributed by atoms with Crippen molar-refractivity contribution in [1.29, 1.82) is 0 Å². The zero-order chi connectivity index (χ0) is 14.5. The highest BCUT2D eigenvalue weighted by atomic mass is 32.1. The molecule has 108 valence electrons. The van der Waals surface area contributed by atoms with Gasteiger partial charge in [-0.05, 0) is 37.4 Å². The van der Waals surface area contributed by atoms with Crippen molar-refractivity contribution in [2.45, 2.75) is 26.0 Å². The molecule has 4 heteroatoms. The van der Waals surface area contributed by atoms with Gasteiger partial charge in [-0.1, -0.05) is 17.7 Å². The molecule has 0 amide bonds. The molecule has 20 heavy (non-hydrogen) atoms. The molecule has 0 radical (unpaired) electrons. The van der Waals surface area contributed by atoms with Gasteiger partial charge in [-0.3, -0.25) is 0 Å². The van der Waals surface area contributed by atoms with Gasteiger partial charge in [0.2, 0.25) is 0 Å². The van der Waals surface area contributed by atoms with E-state index in [4.69, 9.17) is 4.74 Å². The van der Waals surface area contributed by atoms with Crippen molar-refractivity contribution in [1.82, 2.24) is 5.32 Å². The highest BCUT2D eigenvalue weighted by molar-refractivity contribution is 7.10. The summed E-state index contributed by atoms with van der Waals surface area (Å²) in [6.45, 7) is 4.61. The first kappa shape index (κ1) is 15.0. The van der Waals surface area contributed by atoms with Crippen molar-refractivity contribution in [2.75, 3.05) is 13.7 Å². The number of aliphatic hydroxyl groups excluding tert-OH is 1. The standard InChI is InChI=1S/C16H21NO2S/c1-11-6-7-15(19-3)13(9-11)14(18)10-17-12(2)16-5-4-8-20-16/h4-9,12,14,17-18H,10H2,1-3H3. The lowest BCUT2D eigenvalue weighted by Crippen LogP contribution is -2.24. The number of aryl methyl sites for hydroxylation is 1. The van der Waals surface area contributed by atoms with Gasteiger partial charge in [0.15, 0.2) is 0 Å². The molecule has 3 nitrogen and oxygen atoms in total. The van der Waals surface area contributed by atoms with Crippen LogP contribution < -0.4 is 10.1 Å². The topological polar surface area (TPSA) is 41.5 Å². The SMILES string of the molecule is COc1ccc(C)cc1C(O)CNC(C)c1cccs1. The Bertz CT molecular complexity index is 539. The zero-order valence-electron chi connectivity index (χ0n) is 12.1. The van der Waals surface area contributed by atoms with Gasteiger partial charge in [-0.15, -0.1) is 11.3 Å². The third kappa shape index (κ3) is 3.60. The van der Waals surface area contributed by atoms with E-state index in [9.17, 15) is 5.11 Å². The number of hydrogen-bond acceptors (Lipinski definition) is 4. The number of nitrogens with one attached hydrogen (secondary N) is 1. The predicted octanol–water partition coefficient (Wildman–Crippen LogP) is 3.45. The normalized spacial score (nSPS) is 14.0. The summed E-state index contributed by atoms with van der Waals surface area (Å²) in [5.41, 5.74) is 1.95. The largest absolute Gasteiger partial charge is 0.496 e. The van der Waals surface area contributed by atoms with Crippen LogP contribution in [0.1, 0.15) is 35.1 Å². The molecule has 0 aliphatic heterocycles. The summed E-state index contributed by atoms with van der Waals surface area (Å²) in [7, 11) is 1.63. The molecule has 0 fully saturated rings. The molecule has 0 aliphatic carbocycles. The van der Waals surface area contributed by atoms with Crippen LogP contribution in [0.4, 0.5) is 0 Å². The second-order valence-electron chi connectivity index (χ2n) is 4.91. The number of aliphatic hydroxyl groups is 1. The number of hydrogen-bond donors (Lipinski definition) is 2. The summed E-state index contributed by atoms with van der Waals surface area (Å²) in [6.07, 6.45) is -0.577. The Morgan fingerprint density at radius 2 is 2.15 bits per heavy atom. The molecule has 0 spiro atoms. The summed E-state index contributed by atoms with van der Waals surface area (Å²) in [5, 5.41) is 15.8. The van der Waals surface area contributed by atoms with E-state index in [2.05, 4.69) is 23.7 Å². The van der Waals surface area contributed by atoms with Crippen LogP contribution in [0.15, 0.2) is 35.7 Å². The Balaban J connectivity index is 2.01. The fraction of sp³-hybridized carbons (Fsp3) is 0.375. The van der Waals surface area contributed by atoms with E-state index >= 15 is 0 Å². The van der Waals surface area contributed by atoms with Gasteiger partial charge in [0, 0.05) is 23.0 Å². The van der Waals surface area contributed by atoms with Gasteiger partial charge in [-0.2, -0.15) is 0 Å². The highest BCUT2D eigenvalue weighted by Crippen LogP contribution is 2.26. The molecule has 1 aromatic carbocycles. The van der Waals surface area contributed by atoms with E-state index in [-0.39, 0.29) is 6.04 Å². The minimum atomic E-state index is -0.577. The fourth-order valence-electron chi connectivity index (χ4n) is 2.15. The molecule has 2 atom stereocenters. The van der Waals surface area contributed by atoms with Crippen LogP contribution in [-0.4, -0.2) is 18.8 Å². The van der Waals surface area contributed by atoms with Gasteiger partial charge in [0.1, 0.15) is 5.75 Å². The lowest BCUT2D eigenvalue weighted by Gasteiger charge is -2.19. The Labute approximate surface area is 124 Å². The second-order valence-corrected chi connectivity index (χ2v) is 5.89. The number of ether oxygens (including phenoxy) is 1. The van der Waals surface area contributed by atoms with E-state index in [0.29, 0.717) is 6.54 Å². The molecule has 2 N–H and O–H groups in total. The van der Waals surface area contributed by atoms with Crippen LogP contribution >= 0.6 is 11.3 Å². The van der Waals surface area contributed by atoms with Gasteiger partial charge in [-0.25, -0.2) is 0 Å². The van der Waals surface area contributed by atoms with Gasteiger partial charge in [0.05, 0.1) is 13.2 Å². The number of thiophene rings is 1. The molecule has 0 saturated carbocycles. The lowest BCUT2D eigenvalue weighted by molar-refractivity contribution is 0.167. The second kappa shape index (κ2) is 6.88. The summed E-state index contributed by atoms with van der Waals surface area (Å²) in [6, 6.07) is 10.2. The molecule has 2 unspecified atom stereocenters. The first-order valence-corrected chi connectivity index (χ1v) is 7.59. The first-order chi connectivity index (χ1) is 9.61. The maximum atomic E-state index is 10.4. The summed E-state index contributed by atoms with van der Waals surface area (Å²) in [4.78, 5) is 1.27. The fourth-order valence-corrected chi connectivity index (χ4v) is 2.91. The van der Waals surface area contributed by atoms with Crippen molar-refractivity contribution < 1.29 is 9.84 Å². The van der Waals surface area contributed by atoms with Crippen LogP contribution in [0, 0.1) is 6.92 Å². The van der Waals surface area contributed by atoms with Crippen molar-refractivity contribution >= 4 is 11.3 Å². The lowest BCUT2D eigenvalue weighted by atomic mass is 10.0. The molecule has 1 heterocycles. The summed E-state index contributed by atoms with van der Waals surface area (Å²) < 4.78 is 5.31. The minimum Gasteiger partial charge on any atom is -0.496 e. The first-order valence-electron chi connectivity index (χ1n) is 6.71. The third-order valence-corrected chi connectivity index (χ3v) is 4.39. The molecular weight excluding hydrogens is 270 g/mol. The molecule has 1 aromatic heterocycles. The van der Waals surface area contributed by atoms with Crippen molar-refractivity contribution in [2.24, 2.45) is 0 Å². The minimum absolute atomic E-state index is 0.237. The summed E-state index contributed by atoms with van der Waals surface area (Å²) in [5.74, 6) is 0.730. The quantitative estimate of drug-likeness (QED) is 0.856. The van der Waals surface area contributed by atoms with Crippen molar-refractivity contribution in [3.8, 4) is 5.75 Å². The van der Waals surface area contributed by atoms with E-state index in [0.717, 1.165) is 16.9 Å². The van der Waals surface area contributed by atoms with Crippen LogP contribution in [-0.2, 0) is 0 Å². The van der Waals surface area contributed by atoms with Gasteiger partial charge < -0.3 is 15.2 Å². The molecule has 2 aromatic rings. The Morgan fingerprint density at radius 3 is 2.80 bits per heavy atom. The monoisotopic (exact) mass is 291 g/mol. The van der Waals surface area contributed by atoms with Crippen LogP contribution in [0.3, 0.4) is 0 Å². The van der Waals surface area contributed by atoms with Gasteiger partial charge >= 0.3 is 0 Å². The number of benzene rings is 1. The average Bonchev–Trinajstić information content (AvgIpc) is 2.98. The van der Waals surface area contributed by atoms with E-state index in [1.165, 1.54) is 4.88 Å². The van der Waals surface area contributed by atoms with E-state index < -0.39 is 6.10 Å². The number of methoxy groups -OCH3 is 1. The molecule has 0 bridgehead atoms. The predicted molar refractivity (Wildman–Crippen MR) is 83.4 cm³/mol. The average molecular weight is 291 g/mol. The molecule has 0 aliphatic rings. The zero-order valence-corrected chi connectivity index (χ0v) is 12.9. The maximum absolute atomic E-state index is 10.4. The Kier molecular flexibility index (Phi) is 5.17. The Hall–Kier alpha value is -1.36. The maximum Gasteiger partial charge on any atom is 0.124 e. The van der Waals surface area contributed by atoms with Crippen molar-refractivity contribution in [3.63, 3.8) is 0 Å². The third-order valence-electron chi connectivity index (χ3n) is 3.33. The smallest absolute Gasteiger partial charge is 0.124 e.